The van der Waals surface area contributed by atoms with E-state index in [1.54, 1.807) is 0 Å². The SMILES string of the molecule is CN1[CH]CCCC1CO. The van der Waals surface area contributed by atoms with Crippen LogP contribution in [0.25, 0.3) is 0 Å². The Balaban J connectivity index is 2.30. The van der Waals surface area contributed by atoms with E-state index in [4.69, 9.17) is 5.11 Å². The van der Waals surface area contributed by atoms with Crippen LogP contribution in [0.15, 0.2) is 0 Å². The van der Waals surface area contributed by atoms with Gasteiger partial charge in [-0.15, -0.1) is 0 Å². The Kier molecular flexibility index (Phi) is 2.49. The van der Waals surface area contributed by atoms with Gasteiger partial charge in [-0.05, 0) is 19.9 Å². The van der Waals surface area contributed by atoms with E-state index in [1.165, 1.54) is 12.8 Å². The number of hydrogen-bond acceptors (Lipinski definition) is 2. The fourth-order valence-electron chi connectivity index (χ4n) is 1.22. The van der Waals surface area contributed by atoms with Crippen LogP contribution in [0.1, 0.15) is 19.3 Å². The molecular weight excluding hydrogens is 114 g/mol. The van der Waals surface area contributed by atoms with Crippen molar-refractivity contribution in [1.82, 2.24) is 4.90 Å². The second-order valence-corrected chi connectivity index (χ2v) is 2.62. The average molecular weight is 128 g/mol. The van der Waals surface area contributed by atoms with Crippen LogP contribution in [-0.4, -0.2) is 29.7 Å². The Morgan fingerprint density at radius 3 is 3.00 bits per heavy atom. The number of piperidine rings is 1. The summed E-state index contributed by atoms with van der Waals surface area (Å²) >= 11 is 0. The molecule has 0 saturated carbocycles. The molecule has 0 spiro atoms. The summed E-state index contributed by atoms with van der Waals surface area (Å²) in [6.45, 7) is 2.46. The summed E-state index contributed by atoms with van der Waals surface area (Å²) in [7, 11) is 2.03. The van der Waals surface area contributed by atoms with E-state index in [1.807, 2.05) is 7.05 Å². The zero-order valence-corrected chi connectivity index (χ0v) is 5.88. The van der Waals surface area contributed by atoms with Crippen molar-refractivity contribution in [2.75, 3.05) is 13.7 Å². The zero-order chi connectivity index (χ0) is 6.69. The lowest BCUT2D eigenvalue weighted by molar-refractivity contribution is 0.140. The van der Waals surface area contributed by atoms with Gasteiger partial charge in [0.05, 0.1) is 6.61 Å². The molecule has 1 aliphatic rings. The van der Waals surface area contributed by atoms with Gasteiger partial charge < -0.3 is 5.11 Å². The molecule has 0 bridgehead atoms. The number of likely N-dealkylation sites (tertiary alicyclic amines) is 1. The van der Waals surface area contributed by atoms with Crippen molar-refractivity contribution in [3.8, 4) is 0 Å². The van der Waals surface area contributed by atoms with Crippen molar-refractivity contribution < 1.29 is 5.11 Å². The number of nitrogens with zero attached hydrogens (tertiary/aromatic N) is 1. The van der Waals surface area contributed by atoms with Gasteiger partial charge in [0.15, 0.2) is 0 Å². The highest BCUT2D eigenvalue weighted by atomic mass is 16.3. The molecule has 2 nitrogen and oxygen atoms in total. The predicted octanol–water partition coefficient (Wildman–Crippen LogP) is 0.625. The number of likely N-dealkylation sites (N-methyl/N-ethyl adjacent to an activating group) is 1. The lowest BCUT2D eigenvalue weighted by Crippen LogP contribution is -2.35. The first-order valence-corrected chi connectivity index (χ1v) is 3.50. The van der Waals surface area contributed by atoms with Gasteiger partial charge >= 0.3 is 0 Å². The van der Waals surface area contributed by atoms with Gasteiger partial charge in [0.2, 0.25) is 0 Å². The fourth-order valence-corrected chi connectivity index (χ4v) is 1.22. The summed E-state index contributed by atoms with van der Waals surface area (Å²) < 4.78 is 0. The monoisotopic (exact) mass is 128 g/mol. The van der Waals surface area contributed by atoms with Crippen LogP contribution >= 0.6 is 0 Å². The molecule has 0 aromatic carbocycles. The normalized spacial score (nSPS) is 30.7. The highest BCUT2D eigenvalue weighted by Crippen LogP contribution is 2.16. The molecule has 1 atom stereocenters. The van der Waals surface area contributed by atoms with E-state index < -0.39 is 0 Å². The molecule has 1 rings (SSSR count). The van der Waals surface area contributed by atoms with Crippen LogP contribution in [0, 0.1) is 6.54 Å². The minimum Gasteiger partial charge on any atom is -0.395 e. The van der Waals surface area contributed by atoms with Crippen molar-refractivity contribution in [3.05, 3.63) is 6.54 Å². The van der Waals surface area contributed by atoms with Crippen LogP contribution in [0.4, 0.5) is 0 Å². The number of aliphatic hydroxyl groups excluding tert-OH is 1. The zero-order valence-electron chi connectivity index (χ0n) is 5.88. The van der Waals surface area contributed by atoms with Gasteiger partial charge in [0, 0.05) is 12.6 Å². The minimum atomic E-state index is 0.299. The van der Waals surface area contributed by atoms with Gasteiger partial charge in [-0.25, -0.2) is 0 Å². The molecular formula is C7H14NO. The summed E-state index contributed by atoms with van der Waals surface area (Å²) in [4.78, 5) is 2.11. The van der Waals surface area contributed by atoms with Gasteiger partial charge in [-0.3, -0.25) is 4.90 Å². The summed E-state index contributed by atoms with van der Waals surface area (Å²) in [5, 5.41) is 8.80. The third-order valence-corrected chi connectivity index (χ3v) is 1.95. The molecule has 1 saturated heterocycles. The van der Waals surface area contributed by atoms with Gasteiger partial charge in [0.25, 0.3) is 0 Å². The third kappa shape index (κ3) is 1.66. The summed E-state index contributed by atoms with van der Waals surface area (Å²) in [6.07, 6.45) is 3.55. The third-order valence-electron chi connectivity index (χ3n) is 1.95. The largest absolute Gasteiger partial charge is 0.395 e. The van der Waals surface area contributed by atoms with Crippen molar-refractivity contribution in [1.29, 1.82) is 0 Å². The van der Waals surface area contributed by atoms with E-state index in [0.717, 1.165) is 6.42 Å². The van der Waals surface area contributed by atoms with E-state index in [2.05, 4.69) is 11.4 Å². The Labute approximate surface area is 56.5 Å². The number of rotatable bonds is 1. The summed E-state index contributed by atoms with van der Waals surface area (Å²) in [5.74, 6) is 0. The highest BCUT2D eigenvalue weighted by Gasteiger charge is 2.17. The fraction of sp³-hybridized carbons (Fsp3) is 0.857. The van der Waals surface area contributed by atoms with Gasteiger partial charge in [0.1, 0.15) is 0 Å². The van der Waals surface area contributed by atoms with Crippen LogP contribution in [0.2, 0.25) is 0 Å². The lowest BCUT2D eigenvalue weighted by Gasteiger charge is -2.30. The Morgan fingerprint density at radius 1 is 1.78 bits per heavy atom. The molecule has 9 heavy (non-hydrogen) atoms. The molecule has 1 radical (unpaired) electrons. The first kappa shape index (κ1) is 7.03. The van der Waals surface area contributed by atoms with E-state index in [9.17, 15) is 0 Å². The van der Waals surface area contributed by atoms with Crippen molar-refractivity contribution in [3.63, 3.8) is 0 Å². The second kappa shape index (κ2) is 3.18. The van der Waals surface area contributed by atoms with E-state index in [0.29, 0.717) is 12.6 Å². The van der Waals surface area contributed by atoms with Crippen molar-refractivity contribution in [2.45, 2.75) is 25.3 Å². The maximum atomic E-state index is 8.80. The molecule has 2 heteroatoms. The second-order valence-electron chi connectivity index (χ2n) is 2.62. The quantitative estimate of drug-likeness (QED) is 0.559. The van der Waals surface area contributed by atoms with Gasteiger partial charge in [-0.1, -0.05) is 6.42 Å². The molecule has 0 aliphatic carbocycles. The molecule has 1 unspecified atom stereocenters. The number of aliphatic hydroxyl groups is 1. The molecule has 0 aromatic heterocycles. The molecule has 1 fully saturated rings. The smallest absolute Gasteiger partial charge is 0.0586 e. The topological polar surface area (TPSA) is 23.5 Å². The molecule has 0 aromatic rings. The Bertz CT molecular complexity index is 85.0. The molecule has 1 aliphatic heterocycles. The van der Waals surface area contributed by atoms with Gasteiger partial charge in [-0.2, -0.15) is 0 Å². The average Bonchev–Trinajstić information content (AvgIpc) is 1.89. The van der Waals surface area contributed by atoms with Crippen molar-refractivity contribution >= 4 is 0 Å². The standard InChI is InChI=1S/C7H14NO/c1-8-5-3-2-4-7(8)6-9/h5,7,9H,2-4,6H2,1H3. The lowest BCUT2D eigenvalue weighted by atomic mass is 10.0. The van der Waals surface area contributed by atoms with Crippen LogP contribution in [0.5, 0.6) is 0 Å². The van der Waals surface area contributed by atoms with Crippen LogP contribution < -0.4 is 0 Å². The molecule has 1 heterocycles. The molecule has 0 amide bonds. The minimum absolute atomic E-state index is 0.299. The maximum absolute atomic E-state index is 8.80. The maximum Gasteiger partial charge on any atom is 0.0586 e. The first-order valence-electron chi connectivity index (χ1n) is 3.50. The molecule has 53 valence electrons. The Morgan fingerprint density at radius 2 is 2.56 bits per heavy atom. The van der Waals surface area contributed by atoms with Crippen LogP contribution in [0.3, 0.4) is 0 Å². The summed E-state index contributed by atoms with van der Waals surface area (Å²) in [5.41, 5.74) is 0. The molecule has 1 N–H and O–H groups in total. The van der Waals surface area contributed by atoms with Crippen molar-refractivity contribution in [2.24, 2.45) is 0 Å². The highest BCUT2D eigenvalue weighted by molar-refractivity contribution is 4.79. The summed E-state index contributed by atoms with van der Waals surface area (Å²) in [6, 6.07) is 0.388. The number of hydrogen-bond donors (Lipinski definition) is 1. The first-order chi connectivity index (χ1) is 4.34. The van der Waals surface area contributed by atoms with Crippen LogP contribution in [-0.2, 0) is 0 Å². The van der Waals surface area contributed by atoms with E-state index >= 15 is 0 Å². The Hall–Kier alpha value is -0.0800. The predicted molar refractivity (Wildman–Crippen MR) is 36.8 cm³/mol. The van der Waals surface area contributed by atoms with E-state index in [-0.39, 0.29) is 0 Å².